The van der Waals surface area contributed by atoms with Crippen molar-refractivity contribution in [3.05, 3.63) is 96.6 Å². The van der Waals surface area contributed by atoms with Crippen molar-refractivity contribution in [2.75, 3.05) is 0 Å². The zero-order valence-corrected chi connectivity index (χ0v) is 11.4. The summed E-state index contributed by atoms with van der Waals surface area (Å²) in [7, 11) is 0. The van der Waals surface area contributed by atoms with Crippen LogP contribution in [0.1, 0.15) is 23.5 Å². The molecule has 0 aliphatic carbocycles. The quantitative estimate of drug-likeness (QED) is 0.552. The maximum absolute atomic E-state index is 12.0. The second-order valence-electron chi connectivity index (χ2n) is 4.64. The molecule has 0 atom stereocenters. The van der Waals surface area contributed by atoms with Crippen molar-refractivity contribution in [3.63, 3.8) is 0 Å². The molecule has 0 saturated carbocycles. The minimum atomic E-state index is 0.0966. The van der Waals surface area contributed by atoms with E-state index in [0.29, 0.717) is 6.42 Å². The summed E-state index contributed by atoms with van der Waals surface area (Å²) in [6.45, 7) is 3.59. The van der Waals surface area contributed by atoms with Gasteiger partial charge in [0.05, 0.1) is 0 Å². The Labute approximate surface area is 120 Å². The fourth-order valence-electron chi connectivity index (χ4n) is 2.24. The number of ketones is 1. The molecule has 0 spiro atoms. The molecule has 0 aromatic heterocycles. The Bertz CT molecular complexity index is 542. The molecule has 2 aromatic carbocycles. The number of benzene rings is 2. The van der Waals surface area contributed by atoms with Crippen LogP contribution in [-0.2, 0) is 4.79 Å². The van der Waals surface area contributed by atoms with Crippen LogP contribution in [0.3, 0.4) is 0 Å². The molecule has 100 valence electrons. The van der Waals surface area contributed by atoms with E-state index in [-0.39, 0.29) is 11.7 Å². The fraction of sp³-hybridized carbons (Fsp3) is 0.105. The van der Waals surface area contributed by atoms with Crippen molar-refractivity contribution in [3.8, 4) is 0 Å². The van der Waals surface area contributed by atoms with Crippen LogP contribution in [0.2, 0.25) is 0 Å². The minimum Gasteiger partial charge on any atom is -0.295 e. The summed E-state index contributed by atoms with van der Waals surface area (Å²) in [5.74, 6) is 0.210. The first kappa shape index (κ1) is 14.0. The van der Waals surface area contributed by atoms with Crippen LogP contribution < -0.4 is 0 Å². The molecule has 0 saturated heterocycles. The summed E-state index contributed by atoms with van der Waals surface area (Å²) in [5, 5.41) is 0. The summed E-state index contributed by atoms with van der Waals surface area (Å²) in [5.41, 5.74) is 2.33. The number of hydrogen-bond donors (Lipinski definition) is 0. The van der Waals surface area contributed by atoms with E-state index >= 15 is 0 Å². The van der Waals surface area contributed by atoms with Crippen molar-refractivity contribution in [2.45, 2.75) is 12.3 Å². The molecule has 2 rings (SSSR count). The molecule has 0 heterocycles. The van der Waals surface area contributed by atoms with E-state index in [1.54, 1.807) is 18.2 Å². The molecule has 2 aromatic rings. The molecule has 0 bridgehead atoms. The second-order valence-corrected chi connectivity index (χ2v) is 4.64. The molecule has 0 N–H and O–H groups in total. The van der Waals surface area contributed by atoms with Crippen LogP contribution >= 0.6 is 0 Å². The Kier molecular flexibility index (Phi) is 5.08. The Morgan fingerprint density at radius 3 is 1.90 bits per heavy atom. The molecule has 1 heteroatoms. The van der Waals surface area contributed by atoms with Gasteiger partial charge in [0.25, 0.3) is 0 Å². The van der Waals surface area contributed by atoms with Crippen LogP contribution in [0.25, 0.3) is 0 Å². The maximum atomic E-state index is 12.0. The summed E-state index contributed by atoms with van der Waals surface area (Å²) in [6.07, 6.45) is 5.37. The van der Waals surface area contributed by atoms with Gasteiger partial charge in [-0.1, -0.05) is 79.4 Å². The van der Waals surface area contributed by atoms with Gasteiger partial charge in [-0.3, -0.25) is 4.79 Å². The third kappa shape index (κ3) is 3.79. The highest BCUT2D eigenvalue weighted by molar-refractivity contribution is 5.90. The SMILES string of the molecule is C=CC=CC(=O)CC(c1ccccc1)c1ccccc1. The molecular weight excluding hydrogens is 244 g/mol. The third-order valence-corrected chi connectivity index (χ3v) is 3.23. The highest BCUT2D eigenvalue weighted by atomic mass is 16.1. The molecule has 0 aliphatic rings. The highest BCUT2D eigenvalue weighted by Crippen LogP contribution is 2.28. The Hall–Kier alpha value is -2.41. The lowest BCUT2D eigenvalue weighted by molar-refractivity contribution is -0.114. The summed E-state index contributed by atoms with van der Waals surface area (Å²) < 4.78 is 0. The lowest BCUT2D eigenvalue weighted by Gasteiger charge is -2.16. The third-order valence-electron chi connectivity index (χ3n) is 3.23. The van der Waals surface area contributed by atoms with E-state index in [1.165, 1.54) is 11.1 Å². The number of carbonyl (C=O) groups excluding carboxylic acids is 1. The van der Waals surface area contributed by atoms with Crippen molar-refractivity contribution in [2.24, 2.45) is 0 Å². The van der Waals surface area contributed by atoms with Crippen LogP contribution in [0, 0.1) is 0 Å². The molecule has 1 nitrogen and oxygen atoms in total. The van der Waals surface area contributed by atoms with Crippen molar-refractivity contribution >= 4 is 5.78 Å². The Morgan fingerprint density at radius 1 is 0.950 bits per heavy atom. The molecule has 0 unspecified atom stereocenters. The van der Waals surface area contributed by atoms with Gasteiger partial charge in [0.15, 0.2) is 5.78 Å². The molecule has 0 radical (unpaired) electrons. The van der Waals surface area contributed by atoms with E-state index in [4.69, 9.17) is 0 Å². The van der Waals surface area contributed by atoms with E-state index < -0.39 is 0 Å². The minimum absolute atomic E-state index is 0.0966. The van der Waals surface area contributed by atoms with Gasteiger partial charge >= 0.3 is 0 Å². The summed E-state index contributed by atoms with van der Waals surface area (Å²) >= 11 is 0. The average Bonchev–Trinajstić information content (AvgIpc) is 2.52. The predicted molar refractivity (Wildman–Crippen MR) is 83.7 cm³/mol. The summed E-state index contributed by atoms with van der Waals surface area (Å²) in [4.78, 5) is 12.0. The number of rotatable bonds is 6. The first-order chi connectivity index (χ1) is 9.81. The maximum Gasteiger partial charge on any atom is 0.156 e. The van der Waals surface area contributed by atoms with E-state index in [0.717, 1.165) is 0 Å². The number of allylic oxidation sites excluding steroid dienone is 3. The molecular formula is C19H18O. The van der Waals surface area contributed by atoms with Crippen LogP contribution in [0.4, 0.5) is 0 Å². The van der Waals surface area contributed by atoms with E-state index in [2.05, 4.69) is 30.8 Å². The van der Waals surface area contributed by atoms with Crippen LogP contribution in [-0.4, -0.2) is 5.78 Å². The van der Waals surface area contributed by atoms with Gasteiger partial charge in [0.2, 0.25) is 0 Å². The molecule has 20 heavy (non-hydrogen) atoms. The van der Waals surface area contributed by atoms with Crippen LogP contribution in [0.15, 0.2) is 85.5 Å². The largest absolute Gasteiger partial charge is 0.295 e. The Balaban J connectivity index is 2.28. The standard InChI is InChI=1S/C19H18O/c1-2-3-14-18(20)15-19(16-10-6-4-7-11-16)17-12-8-5-9-13-17/h2-14,19H,1,15H2. The van der Waals surface area contributed by atoms with Gasteiger partial charge < -0.3 is 0 Å². The van der Waals surface area contributed by atoms with Crippen LogP contribution in [0.5, 0.6) is 0 Å². The highest BCUT2D eigenvalue weighted by Gasteiger charge is 2.16. The van der Waals surface area contributed by atoms with Crippen molar-refractivity contribution in [1.29, 1.82) is 0 Å². The molecule has 0 fully saturated rings. The van der Waals surface area contributed by atoms with Gasteiger partial charge in [0, 0.05) is 12.3 Å². The van der Waals surface area contributed by atoms with Gasteiger partial charge in [-0.25, -0.2) is 0 Å². The normalized spacial score (nSPS) is 10.8. The van der Waals surface area contributed by atoms with Gasteiger partial charge in [-0.15, -0.1) is 0 Å². The van der Waals surface area contributed by atoms with Gasteiger partial charge in [0.1, 0.15) is 0 Å². The van der Waals surface area contributed by atoms with Gasteiger partial charge in [-0.05, 0) is 17.2 Å². The van der Waals surface area contributed by atoms with Gasteiger partial charge in [-0.2, -0.15) is 0 Å². The zero-order valence-electron chi connectivity index (χ0n) is 11.4. The lowest BCUT2D eigenvalue weighted by atomic mass is 9.87. The topological polar surface area (TPSA) is 17.1 Å². The fourth-order valence-corrected chi connectivity index (χ4v) is 2.24. The predicted octanol–water partition coefficient (Wildman–Crippen LogP) is 4.52. The average molecular weight is 262 g/mol. The van der Waals surface area contributed by atoms with Crippen molar-refractivity contribution < 1.29 is 4.79 Å². The lowest BCUT2D eigenvalue weighted by Crippen LogP contribution is -2.06. The summed E-state index contributed by atoms with van der Waals surface area (Å²) in [6, 6.07) is 20.3. The second kappa shape index (κ2) is 7.25. The molecule has 0 amide bonds. The number of carbonyl (C=O) groups is 1. The molecule has 0 aliphatic heterocycles. The van der Waals surface area contributed by atoms with E-state index in [1.807, 2.05) is 36.4 Å². The first-order valence-electron chi connectivity index (χ1n) is 6.73. The first-order valence-corrected chi connectivity index (χ1v) is 6.73. The Morgan fingerprint density at radius 2 is 1.45 bits per heavy atom. The van der Waals surface area contributed by atoms with Crippen molar-refractivity contribution in [1.82, 2.24) is 0 Å². The van der Waals surface area contributed by atoms with E-state index in [9.17, 15) is 4.79 Å². The number of hydrogen-bond acceptors (Lipinski definition) is 1. The smallest absolute Gasteiger partial charge is 0.156 e. The monoisotopic (exact) mass is 262 g/mol. The zero-order chi connectivity index (χ0) is 14.2.